The van der Waals surface area contributed by atoms with Gasteiger partial charge < -0.3 is 15.0 Å². The zero-order valence-electron chi connectivity index (χ0n) is 13.8. The van der Waals surface area contributed by atoms with Crippen molar-refractivity contribution in [2.75, 3.05) is 31.7 Å². The Morgan fingerprint density at radius 1 is 1.43 bits per heavy atom. The fourth-order valence-electron chi connectivity index (χ4n) is 2.18. The molecule has 1 aliphatic rings. The smallest absolute Gasteiger partial charge is 0.185 e. The van der Waals surface area contributed by atoms with E-state index in [0.29, 0.717) is 5.92 Å². The molecule has 0 saturated heterocycles. The second kappa shape index (κ2) is 8.11. The van der Waals surface area contributed by atoms with Gasteiger partial charge in [0, 0.05) is 37.7 Å². The summed E-state index contributed by atoms with van der Waals surface area (Å²) < 4.78 is 5.44. The maximum absolute atomic E-state index is 5.44. The average molecular weight is 311 g/mol. The molecular weight excluding hydrogens is 282 g/mol. The Balaban J connectivity index is 2.02. The summed E-state index contributed by atoms with van der Waals surface area (Å²) in [4.78, 5) is 8.53. The molecule has 0 bridgehead atoms. The highest BCUT2D eigenvalue weighted by Gasteiger charge is 2.23. The maximum Gasteiger partial charge on any atom is 0.185 e. The lowest BCUT2D eigenvalue weighted by Gasteiger charge is -2.15. The molecule has 1 N–H and O–H groups in total. The Bertz CT molecular complexity index is 431. The molecule has 4 nitrogen and oxygen atoms in total. The summed E-state index contributed by atoms with van der Waals surface area (Å²) in [5.74, 6) is 0.534. The zero-order chi connectivity index (χ0) is 15.2. The van der Waals surface area contributed by atoms with E-state index in [1.807, 2.05) is 18.3 Å². The zero-order valence-corrected chi connectivity index (χ0v) is 14.6. The molecule has 0 amide bonds. The minimum atomic E-state index is 0.534. The van der Waals surface area contributed by atoms with Crippen LogP contribution in [0.1, 0.15) is 56.5 Å². The number of rotatable bonds is 10. The predicted molar refractivity (Wildman–Crippen MR) is 90.4 cm³/mol. The second-order valence-electron chi connectivity index (χ2n) is 5.89. The van der Waals surface area contributed by atoms with Crippen molar-refractivity contribution in [1.82, 2.24) is 10.3 Å². The Morgan fingerprint density at radius 2 is 2.19 bits per heavy atom. The van der Waals surface area contributed by atoms with Gasteiger partial charge in [-0.05, 0) is 32.1 Å². The molecule has 0 radical (unpaired) electrons. The van der Waals surface area contributed by atoms with E-state index in [2.05, 4.69) is 31.1 Å². The van der Waals surface area contributed by atoms with Gasteiger partial charge in [-0.15, -0.1) is 11.3 Å². The lowest BCUT2D eigenvalue weighted by molar-refractivity contribution is 0.154. The molecule has 0 aliphatic heterocycles. The van der Waals surface area contributed by atoms with Crippen LogP contribution in [0.15, 0.2) is 0 Å². The Kier molecular flexibility index (Phi) is 6.45. The average Bonchev–Trinajstić information content (AvgIpc) is 3.22. The van der Waals surface area contributed by atoms with Gasteiger partial charge in [0.2, 0.25) is 0 Å². The summed E-state index contributed by atoms with van der Waals surface area (Å²) in [7, 11) is 2.11. The minimum absolute atomic E-state index is 0.534. The highest BCUT2D eigenvalue weighted by atomic mass is 32.1. The van der Waals surface area contributed by atoms with Crippen LogP contribution >= 0.6 is 11.3 Å². The van der Waals surface area contributed by atoms with Gasteiger partial charge in [-0.2, -0.15) is 0 Å². The number of hydrogen-bond donors (Lipinski definition) is 1. The third-order valence-electron chi connectivity index (χ3n) is 4.03. The van der Waals surface area contributed by atoms with Crippen LogP contribution in [0, 0.1) is 0 Å². The number of hydrogen-bond acceptors (Lipinski definition) is 5. The van der Waals surface area contributed by atoms with Crippen molar-refractivity contribution >= 4 is 16.5 Å². The van der Waals surface area contributed by atoms with E-state index in [9.17, 15) is 0 Å². The topological polar surface area (TPSA) is 37.4 Å². The van der Waals surface area contributed by atoms with Gasteiger partial charge in [0.05, 0.1) is 12.3 Å². The van der Waals surface area contributed by atoms with Gasteiger partial charge in [0.15, 0.2) is 5.13 Å². The fraction of sp³-hybridized carbons (Fsp3) is 0.812. The summed E-state index contributed by atoms with van der Waals surface area (Å²) in [5, 5.41) is 4.75. The van der Waals surface area contributed by atoms with Gasteiger partial charge in [-0.3, -0.25) is 0 Å². The van der Waals surface area contributed by atoms with Gasteiger partial charge in [-0.25, -0.2) is 4.98 Å². The Morgan fingerprint density at radius 3 is 2.81 bits per heavy atom. The summed E-state index contributed by atoms with van der Waals surface area (Å²) in [5.41, 5.74) is 1.29. The molecule has 21 heavy (non-hydrogen) atoms. The quantitative estimate of drug-likeness (QED) is 0.672. The molecule has 2 rings (SSSR count). The van der Waals surface area contributed by atoms with Crippen molar-refractivity contribution in [2.24, 2.45) is 0 Å². The van der Waals surface area contributed by atoms with Crippen molar-refractivity contribution in [3.8, 4) is 0 Å². The third kappa shape index (κ3) is 4.94. The number of aromatic nitrogens is 1. The van der Waals surface area contributed by atoms with Crippen LogP contribution in [-0.2, 0) is 11.3 Å². The highest BCUT2D eigenvalue weighted by Crippen LogP contribution is 2.32. The SMILES string of the molecule is CCOCCN(C)c1nc(C(C)CC)c(CNC2CC2)s1. The molecule has 1 fully saturated rings. The number of likely N-dealkylation sites (N-methyl/N-ethyl adjacent to an activating group) is 1. The molecule has 0 spiro atoms. The van der Waals surface area contributed by atoms with Crippen LogP contribution in [-0.4, -0.2) is 37.8 Å². The largest absolute Gasteiger partial charge is 0.380 e. The highest BCUT2D eigenvalue weighted by molar-refractivity contribution is 7.15. The number of anilines is 1. The maximum atomic E-state index is 5.44. The van der Waals surface area contributed by atoms with E-state index in [4.69, 9.17) is 9.72 Å². The molecule has 1 aromatic heterocycles. The number of thiazole rings is 1. The predicted octanol–water partition coefficient (Wildman–Crippen LogP) is 3.38. The first kappa shape index (κ1) is 16.7. The first-order valence-corrected chi connectivity index (χ1v) is 8.99. The minimum Gasteiger partial charge on any atom is -0.380 e. The second-order valence-corrected chi connectivity index (χ2v) is 6.95. The molecule has 5 heteroatoms. The standard InChI is InChI=1S/C16H29N3OS/c1-5-12(3)15-14(11-17-13-7-8-13)21-16(18-15)19(4)9-10-20-6-2/h12-13,17H,5-11H2,1-4H3. The van der Waals surface area contributed by atoms with Crippen molar-refractivity contribution < 1.29 is 4.74 Å². The summed E-state index contributed by atoms with van der Waals surface area (Å²) in [6.07, 6.45) is 3.80. The van der Waals surface area contributed by atoms with E-state index in [1.165, 1.54) is 23.4 Å². The van der Waals surface area contributed by atoms with Crippen molar-refractivity contribution in [1.29, 1.82) is 0 Å². The monoisotopic (exact) mass is 311 g/mol. The molecule has 1 saturated carbocycles. The fourth-order valence-corrected chi connectivity index (χ4v) is 3.30. The molecule has 1 atom stereocenters. The van der Waals surface area contributed by atoms with E-state index in [-0.39, 0.29) is 0 Å². The van der Waals surface area contributed by atoms with Crippen LogP contribution in [0.4, 0.5) is 5.13 Å². The normalized spacial score (nSPS) is 16.2. The Labute approximate surface area is 132 Å². The van der Waals surface area contributed by atoms with Crippen LogP contribution < -0.4 is 10.2 Å². The van der Waals surface area contributed by atoms with E-state index >= 15 is 0 Å². The molecule has 1 aliphatic carbocycles. The van der Waals surface area contributed by atoms with Crippen LogP contribution in [0.25, 0.3) is 0 Å². The van der Waals surface area contributed by atoms with Gasteiger partial charge in [0.25, 0.3) is 0 Å². The molecular formula is C16H29N3OS. The molecule has 1 unspecified atom stereocenters. The van der Waals surface area contributed by atoms with Crippen molar-refractivity contribution in [2.45, 2.75) is 58.5 Å². The van der Waals surface area contributed by atoms with Crippen molar-refractivity contribution in [3.05, 3.63) is 10.6 Å². The van der Waals surface area contributed by atoms with E-state index in [1.54, 1.807) is 0 Å². The summed E-state index contributed by atoms with van der Waals surface area (Å²) in [6.45, 7) is 9.96. The summed E-state index contributed by atoms with van der Waals surface area (Å²) in [6, 6.07) is 0.746. The molecule has 0 aromatic carbocycles. The van der Waals surface area contributed by atoms with Crippen LogP contribution in [0.5, 0.6) is 0 Å². The number of nitrogens with one attached hydrogen (secondary N) is 1. The number of ether oxygens (including phenoxy) is 1. The lowest BCUT2D eigenvalue weighted by atomic mass is 10.0. The van der Waals surface area contributed by atoms with E-state index < -0.39 is 0 Å². The first-order chi connectivity index (χ1) is 10.2. The van der Waals surface area contributed by atoms with Gasteiger partial charge in [0.1, 0.15) is 0 Å². The molecule has 120 valence electrons. The first-order valence-electron chi connectivity index (χ1n) is 8.17. The lowest BCUT2D eigenvalue weighted by Crippen LogP contribution is -2.22. The van der Waals surface area contributed by atoms with Gasteiger partial charge in [-0.1, -0.05) is 13.8 Å². The van der Waals surface area contributed by atoms with Crippen LogP contribution in [0.2, 0.25) is 0 Å². The molecule has 1 heterocycles. The van der Waals surface area contributed by atoms with Crippen LogP contribution in [0.3, 0.4) is 0 Å². The van der Waals surface area contributed by atoms with Gasteiger partial charge >= 0.3 is 0 Å². The third-order valence-corrected chi connectivity index (χ3v) is 5.21. The molecule has 1 aromatic rings. The summed E-state index contributed by atoms with van der Waals surface area (Å²) >= 11 is 1.84. The number of nitrogens with zero attached hydrogens (tertiary/aromatic N) is 2. The Hall–Kier alpha value is -0.650. The van der Waals surface area contributed by atoms with E-state index in [0.717, 1.165) is 43.9 Å². The van der Waals surface area contributed by atoms with Crippen molar-refractivity contribution in [3.63, 3.8) is 0 Å².